The molecule has 2 rings (SSSR count). The molecule has 1 aromatic carbocycles. The zero-order valence-electron chi connectivity index (χ0n) is 11.2. The Morgan fingerprint density at radius 3 is 2.25 bits per heavy atom. The van der Waals surface area contributed by atoms with Crippen LogP contribution < -0.4 is 0 Å². The van der Waals surface area contributed by atoms with Crippen molar-refractivity contribution in [2.24, 2.45) is 0 Å². The van der Waals surface area contributed by atoms with Crippen molar-refractivity contribution in [2.45, 2.75) is 26.2 Å². The lowest BCUT2D eigenvalue weighted by Gasteiger charge is -2.14. The standard InChI is InChI=1S/C15H15Cl2NO2/c1-2-3-4-9-18-14(19)12(13(17)15(18)20)10-5-7-11(16)8-6-10/h5-8H,2-4,9H2,1H3. The number of hydrogen-bond acceptors (Lipinski definition) is 2. The van der Waals surface area contributed by atoms with Crippen LogP contribution in [-0.4, -0.2) is 23.3 Å². The summed E-state index contributed by atoms with van der Waals surface area (Å²) in [4.78, 5) is 25.6. The molecule has 0 aromatic heterocycles. The van der Waals surface area contributed by atoms with Crippen LogP contribution in [0.4, 0.5) is 0 Å². The van der Waals surface area contributed by atoms with E-state index in [1.807, 2.05) is 0 Å². The fourth-order valence-electron chi connectivity index (χ4n) is 2.14. The monoisotopic (exact) mass is 311 g/mol. The number of nitrogens with zero attached hydrogens (tertiary/aromatic N) is 1. The summed E-state index contributed by atoms with van der Waals surface area (Å²) in [7, 11) is 0. The molecule has 0 spiro atoms. The van der Waals surface area contributed by atoms with E-state index < -0.39 is 5.91 Å². The number of benzene rings is 1. The molecule has 106 valence electrons. The third kappa shape index (κ3) is 2.89. The van der Waals surface area contributed by atoms with Gasteiger partial charge >= 0.3 is 0 Å². The van der Waals surface area contributed by atoms with Crippen LogP contribution in [0.25, 0.3) is 5.57 Å². The maximum absolute atomic E-state index is 12.3. The first-order chi connectivity index (χ1) is 9.56. The Kier molecular flexibility index (Phi) is 4.84. The Hall–Kier alpha value is -1.32. The van der Waals surface area contributed by atoms with Crippen LogP contribution in [0.2, 0.25) is 5.02 Å². The van der Waals surface area contributed by atoms with Crippen molar-refractivity contribution in [3.8, 4) is 0 Å². The summed E-state index contributed by atoms with van der Waals surface area (Å²) in [6.07, 6.45) is 2.80. The Morgan fingerprint density at radius 1 is 1.00 bits per heavy atom. The molecule has 5 heteroatoms. The molecule has 1 aliphatic heterocycles. The molecule has 3 nitrogen and oxygen atoms in total. The van der Waals surface area contributed by atoms with Crippen LogP contribution in [0.1, 0.15) is 31.7 Å². The van der Waals surface area contributed by atoms with Crippen LogP contribution in [0, 0.1) is 0 Å². The number of rotatable bonds is 5. The van der Waals surface area contributed by atoms with Crippen LogP contribution >= 0.6 is 23.2 Å². The number of halogens is 2. The van der Waals surface area contributed by atoms with Gasteiger partial charge in [0.25, 0.3) is 11.8 Å². The molecule has 0 unspecified atom stereocenters. The van der Waals surface area contributed by atoms with Gasteiger partial charge in [0, 0.05) is 11.6 Å². The summed E-state index contributed by atoms with van der Waals surface area (Å²) in [6, 6.07) is 6.73. The van der Waals surface area contributed by atoms with Gasteiger partial charge in [-0.2, -0.15) is 0 Å². The minimum absolute atomic E-state index is 0.00572. The highest BCUT2D eigenvalue weighted by molar-refractivity contribution is 6.55. The van der Waals surface area contributed by atoms with E-state index in [9.17, 15) is 9.59 Å². The fraction of sp³-hybridized carbons (Fsp3) is 0.333. The Balaban J connectivity index is 2.23. The number of amides is 2. The van der Waals surface area contributed by atoms with E-state index in [2.05, 4.69) is 6.92 Å². The lowest BCUT2D eigenvalue weighted by atomic mass is 10.1. The largest absolute Gasteiger partial charge is 0.274 e. The van der Waals surface area contributed by atoms with Gasteiger partial charge in [-0.15, -0.1) is 0 Å². The Labute approximate surface area is 128 Å². The van der Waals surface area contributed by atoms with Crippen LogP contribution in [-0.2, 0) is 9.59 Å². The van der Waals surface area contributed by atoms with Crippen molar-refractivity contribution in [1.82, 2.24) is 4.90 Å². The number of unbranched alkanes of at least 4 members (excludes halogenated alkanes) is 2. The number of imide groups is 1. The Morgan fingerprint density at radius 2 is 1.65 bits per heavy atom. The van der Waals surface area contributed by atoms with E-state index in [1.54, 1.807) is 24.3 Å². The molecule has 0 atom stereocenters. The Bertz CT molecular complexity index is 564. The number of hydrogen-bond donors (Lipinski definition) is 0. The molecule has 0 bridgehead atoms. The quantitative estimate of drug-likeness (QED) is 0.612. The topological polar surface area (TPSA) is 37.4 Å². The van der Waals surface area contributed by atoms with Gasteiger partial charge in [0.2, 0.25) is 0 Å². The average molecular weight is 312 g/mol. The summed E-state index contributed by atoms with van der Waals surface area (Å²) in [5.74, 6) is -0.726. The fourth-order valence-corrected chi connectivity index (χ4v) is 2.55. The molecule has 0 aliphatic carbocycles. The highest BCUT2D eigenvalue weighted by atomic mass is 35.5. The van der Waals surface area contributed by atoms with Crippen LogP contribution in [0.15, 0.2) is 29.3 Å². The summed E-state index contributed by atoms with van der Waals surface area (Å²) < 4.78 is 0. The van der Waals surface area contributed by atoms with Gasteiger partial charge in [-0.1, -0.05) is 55.1 Å². The SMILES string of the molecule is CCCCCN1C(=O)C(Cl)=C(c2ccc(Cl)cc2)C1=O. The minimum atomic E-state index is -0.405. The maximum Gasteiger partial charge on any atom is 0.273 e. The lowest BCUT2D eigenvalue weighted by Crippen LogP contribution is -2.32. The van der Waals surface area contributed by atoms with Gasteiger partial charge in [0.05, 0.1) is 5.57 Å². The van der Waals surface area contributed by atoms with Crippen LogP contribution in [0.5, 0.6) is 0 Å². The normalized spacial score (nSPS) is 15.4. The average Bonchev–Trinajstić information content (AvgIpc) is 2.64. The molecule has 2 amide bonds. The summed E-state index contributed by atoms with van der Waals surface area (Å²) in [5, 5.41) is 0.566. The first-order valence-corrected chi connectivity index (χ1v) is 7.33. The van der Waals surface area contributed by atoms with Crippen molar-refractivity contribution in [1.29, 1.82) is 0 Å². The summed E-state index contributed by atoms with van der Waals surface area (Å²) >= 11 is 11.9. The van der Waals surface area contributed by atoms with Gasteiger partial charge in [-0.3, -0.25) is 14.5 Å². The molecular weight excluding hydrogens is 297 g/mol. The van der Waals surface area contributed by atoms with Gasteiger partial charge < -0.3 is 0 Å². The van der Waals surface area contributed by atoms with E-state index >= 15 is 0 Å². The van der Waals surface area contributed by atoms with E-state index in [0.29, 0.717) is 17.1 Å². The maximum atomic E-state index is 12.3. The van der Waals surface area contributed by atoms with E-state index in [-0.39, 0.29) is 16.5 Å². The molecule has 0 fully saturated rings. The van der Waals surface area contributed by atoms with Crippen LogP contribution in [0.3, 0.4) is 0 Å². The molecule has 0 saturated heterocycles. The van der Waals surface area contributed by atoms with Crippen molar-refractivity contribution < 1.29 is 9.59 Å². The first-order valence-electron chi connectivity index (χ1n) is 6.58. The number of carbonyl (C=O) groups excluding carboxylic acids is 2. The molecule has 1 aliphatic rings. The van der Waals surface area contributed by atoms with Crippen molar-refractivity contribution >= 4 is 40.6 Å². The number of carbonyl (C=O) groups is 2. The van der Waals surface area contributed by atoms with Crippen molar-refractivity contribution in [3.05, 3.63) is 39.9 Å². The second-order valence-electron chi connectivity index (χ2n) is 4.66. The zero-order chi connectivity index (χ0) is 14.7. The molecule has 20 heavy (non-hydrogen) atoms. The zero-order valence-corrected chi connectivity index (χ0v) is 12.7. The predicted molar refractivity (Wildman–Crippen MR) is 80.5 cm³/mol. The third-order valence-electron chi connectivity index (χ3n) is 3.23. The molecule has 1 heterocycles. The highest BCUT2D eigenvalue weighted by Gasteiger charge is 2.37. The van der Waals surface area contributed by atoms with E-state index in [0.717, 1.165) is 19.3 Å². The first kappa shape index (κ1) is 15.1. The smallest absolute Gasteiger partial charge is 0.273 e. The molecular formula is C15H15Cl2NO2. The van der Waals surface area contributed by atoms with E-state index in [1.165, 1.54) is 4.90 Å². The second-order valence-corrected chi connectivity index (χ2v) is 5.48. The summed E-state index contributed by atoms with van der Waals surface area (Å²) in [5.41, 5.74) is 0.889. The third-order valence-corrected chi connectivity index (χ3v) is 3.83. The van der Waals surface area contributed by atoms with Crippen molar-refractivity contribution in [2.75, 3.05) is 6.54 Å². The predicted octanol–water partition coefficient (Wildman–Crippen LogP) is 3.85. The van der Waals surface area contributed by atoms with Gasteiger partial charge in [0.15, 0.2) is 0 Å². The van der Waals surface area contributed by atoms with Gasteiger partial charge in [-0.05, 0) is 24.1 Å². The molecule has 1 aromatic rings. The van der Waals surface area contributed by atoms with Gasteiger partial charge in [0.1, 0.15) is 5.03 Å². The van der Waals surface area contributed by atoms with Gasteiger partial charge in [-0.25, -0.2) is 0 Å². The highest BCUT2D eigenvalue weighted by Crippen LogP contribution is 2.32. The minimum Gasteiger partial charge on any atom is -0.274 e. The van der Waals surface area contributed by atoms with E-state index in [4.69, 9.17) is 23.2 Å². The summed E-state index contributed by atoms with van der Waals surface area (Å²) in [6.45, 7) is 2.48. The molecule has 0 saturated carbocycles. The lowest BCUT2D eigenvalue weighted by molar-refractivity contribution is -0.136. The van der Waals surface area contributed by atoms with Crippen molar-refractivity contribution in [3.63, 3.8) is 0 Å². The molecule has 0 radical (unpaired) electrons. The second kappa shape index (κ2) is 6.42. The molecule has 0 N–H and O–H groups in total.